The molecule has 1 fully saturated rings. The Labute approximate surface area is 118 Å². The minimum atomic E-state index is 0.686. The van der Waals surface area contributed by atoms with Gasteiger partial charge in [-0.05, 0) is 50.1 Å². The Kier molecular flexibility index (Phi) is 5.07. The lowest BCUT2D eigenvalue weighted by atomic mass is 10.1. The first kappa shape index (κ1) is 13.9. The van der Waals surface area contributed by atoms with E-state index >= 15 is 0 Å². The number of benzene rings is 1. The van der Waals surface area contributed by atoms with E-state index in [9.17, 15) is 0 Å². The van der Waals surface area contributed by atoms with Crippen molar-refractivity contribution in [1.29, 1.82) is 0 Å². The van der Waals surface area contributed by atoms with E-state index in [0.717, 1.165) is 12.3 Å². The molecule has 1 saturated heterocycles. The van der Waals surface area contributed by atoms with E-state index in [1.165, 1.54) is 42.3 Å². The maximum Gasteiger partial charge on any atom is 0.119 e. The van der Waals surface area contributed by atoms with Crippen LogP contribution >= 0.6 is 15.9 Å². The zero-order chi connectivity index (χ0) is 13.0. The Morgan fingerprint density at radius 1 is 1.33 bits per heavy atom. The summed E-state index contributed by atoms with van der Waals surface area (Å²) in [4.78, 5) is 2.59. The van der Waals surface area contributed by atoms with Crippen LogP contribution in [-0.4, -0.2) is 24.6 Å². The number of hydrogen-bond donors (Lipinski definition) is 0. The number of halogens is 1. The Morgan fingerprint density at radius 3 is 2.94 bits per heavy atom. The number of methoxy groups -OCH3 is 1. The van der Waals surface area contributed by atoms with Crippen LogP contribution in [0.1, 0.15) is 38.2 Å². The van der Waals surface area contributed by atoms with Gasteiger partial charge in [0.15, 0.2) is 0 Å². The van der Waals surface area contributed by atoms with Gasteiger partial charge >= 0.3 is 0 Å². The molecular weight excluding hydrogens is 290 g/mol. The molecule has 1 aliphatic rings. The van der Waals surface area contributed by atoms with E-state index in [0.29, 0.717) is 6.04 Å². The molecule has 2 nitrogen and oxygen atoms in total. The molecule has 1 aromatic carbocycles. The monoisotopic (exact) mass is 311 g/mol. The SMILES string of the molecule is COc1ccc(Br)c(CN2CCCCCC2C)c1. The summed E-state index contributed by atoms with van der Waals surface area (Å²) < 4.78 is 6.49. The van der Waals surface area contributed by atoms with Gasteiger partial charge in [0.05, 0.1) is 7.11 Å². The second-order valence-electron chi connectivity index (χ2n) is 5.13. The Balaban J connectivity index is 2.11. The van der Waals surface area contributed by atoms with Crippen LogP contribution in [0.3, 0.4) is 0 Å². The van der Waals surface area contributed by atoms with Crippen LogP contribution in [0.25, 0.3) is 0 Å². The van der Waals surface area contributed by atoms with Crippen molar-refractivity contribution < 1.29 is 4.74 Å². The second kappa shape index (κ2) is 6.58. The van der Waals surface area contributed by atoms with Crippen molar-refractivity contribution in [2.24, 2.45) is 0 Å². The van der Waals surface area contributed by atoms with Crippen molar-refractivity contribution in [3.63, 3.8) is 0 Å². The zero-order valence-corrected chi connectivity index (χ0v) is 12.9. The molecule has 0 bridgehead atoms. The topological polar surface area (TPSA) is 12.5 Å². The van der Waals surface area contributed by atoms with Gasteiger partial charge in [-0.1, -0.05) is 28.8 Å². The predicted octanol–water partition coefficient (Wildman–Crippen LogP) is 4.22. The maximum atomic E-state index is 5.31. The Morgan fingerprint density at radius 2 is 2.17 bits per heavy atom. The lowest BCUT2D eigenvalue weighted by molar-refractivity contribution is 0.204. The minimum Gasteiger partial charge on any atom is -0.497 e. The number of rotatable bonds is 3. The van der Waals surface area contributed by atoms with E-state index in [1.807, 2.05) is 6.07 Å². The Bertz CT molecular complexity index is 394. The number of hydrogen-bond acceptors (Lipinski definition) is 2. The first-order valence-electron chi connectivity index (χ1n) is 6.77. The fourth-order valence-electron chi connectivity index (χ4n) is 2.59. The van der Waals surface area contributed by atoms with Crippen LogP contribution in [0.4, 0.5) is 0 Å². The largest absolute Gasteiger partial charge is 0.497 e. The molecule has 0 aliphatic carbocycles. The summed E-state index contributed by atoms with van der Waals surface area (Å²) in [7, 11) is 1.72. The molecule has 0 aromatic heterocycles. The third kappa shape index (κ3) is 3.48. The summed E-state index contributed by atoms with van der Waals surface area (Å²) in [5.41, 5.74) is 1.32. The van der Waals surface area contributed by atoms with E-state index in [-0.39, 0.29) is 0 Å². The molecule has 0 N–H and O–H groups in total. The first-order chi connectivity index (χ1) is 8.70. The summed E-state index contributed by atoms with van der Waals surface area (Å²) in [5, 5.41) is 0. The standard InChI is InChI=1S/C15H22BrNO/c1-12-6-4-3-5-9-17(12)11-13-10-14(18-2)7-8-15(13)16/h7-8,10,12H,3-6,9,11H2,1-2H3. The average molecular weight is 312 g/mol. The summed E-state index contributed by atoms with van der Waals surface area (Å²) >= 11 is 3.64. The van der Waals surface area contributed by atoms with Gasteiger partial charge in [-0.3, -0.25) is 4.90 Å². The van der Waals surface area contributed by atoms with Crippen LogP contribution < -0.4 is 4.74 Å². The predicted molar refractivity (Wildman–Crippen MR) is 79.0 cm³/mol. The highest BCUT2D eigenvalue weighted by Crippen LogP contribution is 2.26. The fourth-order valence-corrected chi connectivity index (χ4v) is 2.96. The van der Waals surface area contributed by atoms with Crippen LogP contribution in [0, 0.1) is 0 Å². The highest BCUT2D eigenvalue weighted by molar-refractivity contribution is 9.10. The summed E-state index contributed by atoms with van der Waals surface area (Å²) in [6.07, 6.45) is 5.39. The van der Waals surface area contributed by atoms with Gasteiger partial charge in [0, 0.05) is 17.1 Å². The average Bonchev–Trinajstić information content (AvgIpc) is 2.58. The molecular formula is C15H22BrNO. The van der Waals surface area contributed by atoms with E-state index < -0.39 is 0 Å². The van der Waals surface area contributed by atoms with E-state index in [2.05, 4.69) is 39.9 Å². The van der Waals surface area contributed by atoms with Gasteiger partial charge in [-0.2, -0.15) is 0 Å². The number of ether oxygens (including phenoxy) is 1. The van der Waals surface area contributed by atoms with Gasteiger partial charge < -0.3 is 4.74 Å². The van der Waals surface area contributed by atoms with Gasteiger partial charge in [0.25, 0.3) is 0 Å². The van der Waals surface area contributed by atoms with Gasteiger partial charge in [-0.15, -0.1) is 0 Å². The number of nitrogens with zero attached hydrogens (tertiary/aromatic N) is 1. The lowest BCUT2D eigenvalue weighted by Crippen LogP contribution is -2.32. The quantitative estimate of drug-likeness (QED) is 0.828. The van der Waals surface area contributed by atoms with Crippen LogP contribution in [0.2, 0.25) is 0 Å². The van der Waals surface area contributed by atoms with Crippen molar-refractivity contribution in [3.05, 3.63) is 28.2 Å². The molecule has 0 saturated carbocycles. The van der Waals surface area contributed by atoms with Crippen molar-refractivity contribution in [2.45, 2.75) is 45.2 Å². The normalized spacial score (nSPS) is 21.6. The van der Waals surface area contributed by atoms with Crippen LogP contribution in [0.5, 0.6) is 5.75 Å². The molecule has 0 spiro atoms. The molecule has 1 unspecified atom stereocenters. The molecule has 0 amide bonds. The third-order valence-corrected chi connectivity index (χ3v) is 4.59. The van der Waals surface area contributed by atoms with E-state index in [1.54, 1.807) is 7.11 Å². The molecule has 1 aliphatic heterocycles. The molecule has 18 heavy (non-hydrogen) atoms. The van der Waals surface area contributed by atoms with Crippen molar-refractivity contribution >= 4 is 15.9 Å². The smallest absolute Gasteiger partial charge is 0.119 e. The summed E-state index contributed by atoms with van der Waals surface area (Å²) in [5.74, 6) is 0.940. The Hall–Kier alpha value is -0.540. The van der Waals surface area contributed by atoms with Gasteiger partial charge in [0.2, 0.25) is 0 Å². The fraction of sp³-hybridized carbons (Fsp3) is 0.600. The minimum absolute atomic E-state index is 0.686. The summed E-state index contributed by atoms with van der Waals surface area (Å²) in [6, 6.07) is 6.91. The lowest BCUT2D eigenvalue weighted by Gasteiger charge is -2.27. The third-order valence-electron chi connectivity index (χ3n) is 3.82. The molecule has 1 atom stereocenters. The maximum absolute atomic E-state index is 5.31. The molecule has 3 heteroatoms. The summed E-state index contributed by atoms with van der Waals surface area (Å²) in [6.45, 7) is 4.57. The number of likely N-dealkylation sites (tertiary alicyclic amines) is 1. The van der Waals surface area contributed by atoms with Crippen molar-refractivity contribution in [2.75, 3.05) is 13.7 Å². The highest BCUT2D eigenvalue weighted by atomic mass is 79.9. The molecule has 1 aromatic rings. The first-order valence-corrected chi connectivity index (χ1v) is 7.56. The van der Waals surface area contributed by atoms with Crippen molar-refractivity contribution in [3.8, 4) is 5.75 Å². The van der Waals surface area contributed by atoms with Crippen molar-refractivity contribution in [1.82, 2.24) is 4.90 Å². The molecule has 1 heterocycles. The van der Waals surface area contributed by atoms with Crippen LogP contribution in [-0.2, 0) is 6.54 Å². The zero-order valence-electron chi connectivity index (χ0n) is 11.3. The second-order valence-corrected chi connectivity index (χ2v) is 5.98. The molecule has 0 radical (unpaired) electrons. The van der Waals surface area contributed by atoms with Gasteiger partial charge in [0.1, 0.15) is 5.75 Å². The highest BCUT2D eigenvalue weighted by Gasteiger charge is 2.18. The molecule has 2 rings (SSSR count). The van der Waals surface area contributed by atoms with E-state index in [4.69, 9.17) is 4.74 Å². The van der Waals surface area contributed by atoms with Crippen LogP contribution in [0.15, 0.2) is 22.7 Å². The van der Waals surface area contributed by atoms with Gasteiger partial charge in [-0.25, -0.2) is 0 Å². The molecule has 100 valence electrons.